The van der Waals surface area contributed by atoms with Crippen LogP contribution in [0, 0.1) is 0 Å². The summed E-state index contributed by atoms with van der Waals surface area (Å²) < 4.78 is 2.63. The fraction of sp³-hybridized carbons (Fsp3) is 0.0690. The van der Waals surface area contributed by atoms with Gasteiger partial charge in [0.05, 0.1) is 5.41 Å². The van der Waals surface area contributed by atoms with Gasteiger partial charge >= 0.3 is 0 Å². The molecule has 2 aliphatic carbocycles. The number of anilines is 3. The van der Waals surface area contributed by atoms with Crippen molar-refractivity contribution in [3.63, 3.8) is 0 Å². The van der Waals surface area contributed by atoms with Crippen LogP contribution in [0.5, 0.6) is 0 Å². The second-order valence-corrected chi connectivity index (χ2v) is 17.9. The van der Waals surface area contributed by atoms with Crippen molar-refractivity contribution >= 4 is 48.6 Å². The van der Waals surface area contributed by atoms with Crippen LogP contribution >= 0.6 is 11.3 Å². The molecular formula is C58H41NS. The molecule has 0 bridgehead atoms. The van der Waals surface area contributed by atoms with E-state index in [2.05, 4.69) is 231 Å². The van der Waals surface area contributed by atoms with E-state index in [0.717, 1.165) is 17.1 Å². The topological polar surface area (TPSA) is 3.24 Å². The Morgan fingerprint density at radius 2 is 0.883 bits per heavy atom. The van der Waals surface area contributed by atoms with Gasteiger partial charge in [-0.1, -0.05) is 178 Å². The summed E-state index contributed by atoms with van der Waals surface area (Å²) in [5.74, 6) is 0. The van der Waals surface area contributed by atoms with E-state index < -0.39 is 5.41 Å². The number of hydrogen-bond acceptors (Lipinski definition) is 2. The first kappa shape index (κ1) is 35.0. The Bertz CT molecular complexity index is 3280. The average molecular weight is 784 g/mol. The molecule has 9 aromatic carbocycles. The maximum Gasteiger partial charge on any atom is 0.0714 e. The Labute approximate surface area is 355 Å². The number of thiophene rings is 1. The van der Waals surface area contributed by atoms with Crippen LogP contribution in [-0.2, 0) is 10.8 Å². The molecule has 1 unspecified atom stereocenters. The van der Waals surface area contributed by atoms with Crippen molar-refractivity contribution < 1.29 is 0 Å². The lowest BCUT2D eigenvalue weighted by Gasteiger charge is -2.35. The van der Waals surface area contributed by atoms with E-state index >= 15 is 0 Å². The SMILES string of the molecule is CC1(C)c2ccccc2-c2ccc(N(c3ccc(-c4ccccc4)cc3)c3ccc4c(c3)C(c3ccccc3)(c3ccc5c(c3)sc3ccccc35)c3ccccc3-4)cc21. The minimum atomic E-state index is -0.544. The molecule has 12 rings (SSSR count). The molecule has 0 amide bonds. The Hall–Kier alpha value is -7.00. The van der Waals surface area contributed by atoms with Crippen molar-refractivity contribution in [1.82, 2.24) is 0 Å². The van der Waals surface area contributed by atoms with Crippen molar-refractivity contribution in [3.05, 3.63) is 246 Å². The fourth-order valence-corrected chi connectivity index (χ4v) is 11.7. The van der Waals surface area contributed by atoms with Crippen LogP contribution in [0.15, 0.2) is 212 Å². The summed E-state index contributed by atoms with van der Waals surface area (Å²) in [6.07, 6.45) is 0. The van der Waals surface area contributed by atoms with Gasteiger partial charge in [-0.3, -0.25) is 0 Å². The van der Waals surface area contributed by atoms with Crippen LogP contribution in [0.25, 0.3) is 53.6 Å². The molecule has 0 saturated heterocycles. The zero-order valence-corrected chi connectivity index (χ0v) is 34.4. The van der Waals surface area contributed by atoms with E-state index in [1.165, 1.54) is 86.9 Å². The monoisotopic (exact) mass is 783 g/mol. The highest BCUT2D eigenvalue weighted by molar-refractivity contribution is 7.25. The molecule has 0 fully saturated rings. The first-order chi connectivity index (χ1) is 29.5. The van der Waals surface area contributed by atoms with Crippen molar-refractivity contribution in [2.75, 3.05) is 4.90 Å². The zero-order chi connectivity index (χ0) is 40.0. The van der Waals surface area contributed by atoms with E-state index in [0.29, 0.717) is 0 Å². The second kappa shape index (κ2) is 13.3. The normalized spacial score (nSPS) is 15.7. The number of fused-ring (bicyclic) bond motifs is 9. The number of hydrogen-bond donors (Lipinski definition) is 0. The minimum Gasteiger partial charge on any atom is -0.310 e. The summed E-state index contributed by atoms with van der Waals surface area (Å²) in [6.45, 7) is 4.74. The van der Waals surface area contributed by atoms with Gasteiger partial charge in [-0.05, 0) is 115 Å². The summed E-state index contributed by atoms with van der Waals surface area (Å²) in [4.78, 5) is 2.47. The first-order valence-corrected chi connectivity index (χ1v) is 21.7. The molecule has 0 radical (unpaired) electrons. The van der Waals surface area contributed by atoms with Gasteiger partial charge in [-0.2, -0.15) is 0 Å². The van der Waals surface area contributed by atoms with Crippen molar-refractivity contribution in [3.8, 4) is 33.4 Å². The molecule has 1 aromatic heterocycles. The lowest BCUT2D eigenvalue weighted by atomic mass is 9.67. The number of rotatable bonds is 6. The van der Waals surface area contributed by atoms with Crippen molar-refractivity contribution in [2.45, 2.75) is 24.7 Å². The minimum absolute atomic E-state index is 0.127. The standard InChI is InChI=1S/C58H41NS/c1-57(2)51-22-12-9-19-45(51)47-33-30-43(36-53(47)57)59(42-28-25-39(26-29-42)38-15-5-3-6-16-38)44-31-34-48-46-20-10-13-23-52(46)58(54(48)37-44,40-17-7-4-8-18-40)41-27-32-50-49-21-11-14-24-55(49)60-56(50)35-41/h3-37H,1-2H3. The van der Waals surface area contributed by atoms with Gasteiger partial charge in [-0.15, -0.1) is 11.3 Å². The highest BCUT2D eigenvalue weighted by atomic mass is 32.1. The van der Waals surface area contributed by atoms with Crippen LogP contribution in [0.1, 0.15) is 47.2 Å². The molecule has 10 aromatic rings. The van der Waals surface area contributed by atoms with E-state index in [-0.39, 0.29) is 5.41 Å². The molecule has 0 spiro atoms. The van der Waals surface area contributed by atoms with Gasteiger partial charge in [0.25, 0.3) is 0 Å². The van der Waals surface area contributed by atoms with Crippen LogP contribution in [0.4, 0.5) is 17.1 Å². The smallest absolute Gasteiger partial charge is 0.0714 e. The van der Waals surface area contributed by atoms with Crippen LogP contribution in [0.2, 0.25) is 0 Å². The molecule has 284 valence electrons. The van der Waals surface area contributed by atoms with Gasteiger partial charge in [0.1, 0.15) is 0 Å². The molecule has 1 atom stereocenters. The second-order valence-electron chi connectivity index (χ2n) is 16.8. The predicted octanol–water partition coefficient (Wildman–Crippen LogP) is 15.9. The third-order valence-corrected chi connectivity index (χ3v) is 14.5. The molecule has 2 heteroatoms. The van der Waals surface area contributed by atoms with E-state index in [4.69, 9.17) is 0 Å². The Morgan fingerprint density at radius 1 is 0.350 bits per heavy atom. The summed E-state index contributed by atoms with van der Waals surface area (Å²) >= 11 is 1.89. The van der Waals surface area contributed by atoms with Gasteiger partial charge in [0.2, 0.25) is 0 Å². The largest absolute Gasteiger partial charge is 0.310 e. The summed E-state index contributed by atoms with van der Waals surface area (Å²) in [5.41, 5.74) is 18.3. The molecule has 0 aliphatic heterocycles. The Morgan fingerprint density at radius 3 is 1.63 bits per heavy atom. The Balaban J connectivity index is 1.10. The third-order valence-electron chi connectivity index (χ3n) is 13.4. The van der Waals surface area contributed by atoms with Gasteiger partial charge in [-0.25, -0.2) is 0 Å². The molecule has 60 heavy (non-hydrogen) atoms. The van der Waals surface area contributed by atoms with Crippen molar-refractivity contribution in [1.29, 1.82) is 0 Å². The lowest BCUT2D eigenvalue weighted by molar-refractivity contribution is 0.660. The highest BCUT2D eigenvalue weighted by Gasteiger charge is 2.46. The van der Waals surface area contributed by atoms with E-state index in [1.807, 2.05) is 11.3 Å². The zero-order valence-electron chi connectivity index (χ0n) is 33.6. The van der Waals surface area contributed by atoms with Gasteiger partial charge in [0.15, 0.2) is 0 Å². The quantitative estimate of drug-likeness (QED) is 0.162. The summed E-state index contributed by atoms with van der Waals surface area (Å²) in [6, 6.07) is 79.3. The molecular weight excluding hydrogens is 743 g/mol. The van der Waals surface area contributed by atoms with E-state index in [9.17, 15) is 0 Å². The van der Waals surface area contributed by atoms with Crippen LogP contribution in [-0.4, -0.2) is 0 Å². The van der Waals surface area contributed by atoms with Crippen LogP contribution < -0.4 is 4.90 Å². The van der Waals surface area contributed by atoms with Gasteiger partial charge < -0.3 is 4.90 Å². The summed E-state index contributed by atoms with van der Waals surface area (Å²) in [7, 11) is 0. The molecule has 0 saturated carbocycles. The predicted molar refractivity (Wildman–Crippen MR) is 254 cm³/mol. The van der Waals surface area contributed by atoms with Gasteiger partial charge in [0, 0.05) is 42.6 Å². The first-order valence-electron chi connectivity index (χ1n) is 20.9. The highest BCUT2D eigenvalue weighted by Crippen LogP contribution is 2.58. The lowest BCUT2D eigenvalue weighted by Crippen LogP contribution is -2.28. The Kier molecular flexibility index (Phi) is 7.73. The maximum atomic E-state index is 2.50. The molecule has 2 aliphatic rings. The van der Waals surface area contributed by atoms with Crippen molar-refractivity contribution in [2.24, 2.45) is 0 Å². The number of benzene rings is 9. The molecule has 1 heterocycles. The molecule has 1 nitrogen and oxygen atoms in total. The molecule has 0 N–H and O–H groups in total. The third kappa shape index (κ3) is 5.04. The maximum absolute atomic E-state index is 2.50. The number of nitrogens with zero attached hydrogens (tertiary/aromatic N) is 1. The fourth-order valence-electron chi connectivity index (χ4n) is 10.6. The summed E-state index contributed by atoms with van der Waals surface area (Å²) in [5, 5.41) is 2.64. The average Bonchev–Trinajstić information content (AvgIpc) is 3.90. The van der Waals surface area contributed by atoms with E-state index in [1.54, 1.807) is 0 Å². The van der Waals surface area contributed by atoms with Crippen LogP contribution in [0.3, 0.4) is 0 Å².